The maximum Gasteiger partial charge on any atom is 0.0198 e. The predicted molar refractivity (Wildman–Crippen MR) is 78.8 cm³/mol. The third kappa shape index (κ3) is 3.48. The van der Waals surface area contributed by atoms with E-state index in [4.69, 9.17) is 0 Å². The van der Waals surface area contributed by atoms with Crippen molar-refractivity contribution in [3.8, 4) is 0 Å². The van der Waals surface area contributed by atoms with Crippen molar-refractivity contribution in [3.05, 3.63) is 0 Å². The Kier molecular flexibility index (Phi) is 5.08. The van der Waals surface area contributed by atoms with Crippen molar-refractivity contribution in [2.45, 2.75) is 77.9 Å². The van der Waals surface area contributed by atoms with E-state index < -0.39 is 0 Å². The van der Waals surface area contributed by atoms with Crippen LogP contribution in [0.25, 0.3) is 0 Å². The normalized spacial score (nSPS) is 39.2. The SMILES string of the molecule is CC(C)CC1CN(C2CCCCC2C)C(C)CN1. The maximum absolute atomic E-state index is 3.74. The van der Waals surface area contributed by atoms with E-state index >= 15 is 0 Å². The van der Waals surface area contributed by atoms with Crippen LogP contribution in [0.4, 0.5) is 0 Å². The molecule has 2 rings (SSSR count). The summed E-state index contributed by atoms with van der Waals surface area (Å²) >= 11 is 0. The van der Waals surface area contributed by atoms with Crippen LogP contribution < -0.4 is 5.32 Å². The maximum atomic E-state index is 3.74. The van der Waals surface area contributed by atoms with E-state index in [0.717, 1.165) is 30.0 Å². The minimum atomic E-state index is 0.718. The van der Waals surface area contributed by atoms with Gasteiger partial charge in [0.25, 0.3) is 0 Å². The predicted octanol–water partition coefficient (Wildman–Crippen LogP) is 3.27. The van der Waals surface area contributed by atoms with Crippen molar-refractivity contribution in [3.63, 3.8) is 0 Å². The molecule has 0 aromatic rings. The van der Waals surface area contributed by atoms with Crippen LogP contribution in [0.2, 0.25) is 0 Å². The monoisotopic (exact) mass is 252 g/mol. The molecule has 18 heavy (non-hydrogen) atoms. The quantitative estimate of drug-likeness (QED) is 0.829. The third-order valence-corrected chi connectivity index (χ3v) is 4.95. The van der Waals surface area contributed by atoms with Gasteiger partial charge in [0.1, 0.15) is 0 Å². The van der Waals surface area contributed by atoms with E-state index in [9.17, 15) is 0 Å². The highest BCUT2D eigenvalue weighted by Crippen LogP contribution is 2.30. The topological polar surface area (TPSA) is 15.3 Å². The molecule has 0 aromatic carbocycles. The van der Waals surface area contributed by atoms with E-state index in [1.54, 1.807) is 0 Å². The molecule has 1 aliphatic carbocycles. The largest absolute Gasteiger partial charge is 0.311 e. The van der Waals surface area contributed by atoms with Crippen LogP contribution in [0.1, 0.15) is 59.8 Å². The lowest BCUT2D eigenvalue weighted by atomic mass is 9.83. The minimum Gasteiger partial charge on any atom is -0.311 e. The molecule has 0 amide bonds. The molecule has 1 saturated carbocycles. The van der Waals surface area contributed by atoms with Gasteiger partial charge < -0.3 is 5.32 Å². The average Bonchev–Trinajstić information content (AvgIpc) is 2.32. The molecule has 2 nitrogen and oxygen atoms in total. The molecule has 0 bridgehead atoms. The number of hydrogen-bond acceptors (Lipinski definition) is 2. The summed E-state index contributed by atoms with van der Waals surface area (Å²) < 4.78 is 0. The van der Waals surface area contributed by atoms with Crippen LogP contribution >= 0.6 is 0 Å². The summed E-state index contributed by atoms with van der Waals surface area (Å²) in [5.74, 6) is 1.71. The molecule has 4 unspecified atom stereocenters. The minimum absolute atomic E-state index is 0.718. The summed E-state index contributed by atoms with van der Waals surface area (Å²) in [6.45, 7) is 12.0. The highest BCUT2D eigenvalue weighted by Gasteiger charge is 2.34. The Hall–Kier alpha value is -0.0800. The molecule has 2 aliphatic rings. The van der Waals surface area contributed by atoms with Gasteiger partial charge in [-0.3, -0.25) is 4.90 Å². The number of piperazine rings is 1. The Bertz CT molecular complexity index is 251. The summed E-state index contributed by atoms with van der Waals surface area (Å²) in [6.07, 6.45) is 7.09. The van der Waals surface area contributed by atoms with Gasteiger partial charge >= 0.3 is 0 Å². The molecule has 2 fully saturated rings. The molecule has 1 saturated heterocycles. The van der Waals surface area contributed by atoms with Gasteiger partial charge in [-0.05, 0) is 38.0 Å². The van der Waals surface area contributed by atoms with Gasteiger partial charge in [0.15, 0.2) is 0 Å². The first kappa shape index (κ1) is 14.3. The fraction of sp³-hybridized carbons (Fsp3) is 1.00. The molecule has 0 radical (unpaired) electrons. The molecular weight excluding hydrogens is 220 g/mol. The van der Waals surface area contributed by atoms with Crippen molar-refractivity contribution in [1.82, 2.24) is 10.2 Å². The summed E-state index contributed by atoms with van der Waals surface area (Å²) in [4.78, 5) is 2.83. The van der Waals surface area contributed by atoms with Crippen LogP contribution in [-0.4, -0.2) is 36.1 Å². The smallest absolute Gasteiger partial charge is 0.0198 e. The van der Waals surface area contributed by atoms with Gasteiger partial charge in [0, 0.05) is 31.2 Å². The number of nitrogens with one attached hydrogen (secondary N) is 1. The zero-order chi connectivity index (χ0) is 13.1. The standard InChI is InChI=1S/C16H32N2/c1-12(2)9-15-11-18(14(4)10-17-15)16-8-6-5-7-13(16)3/h12-17H,5-11H2,1-4H3. The fourth-order valence-corrected chi connectivity index (χ4v) is 3.93. The molecule has 4 atom stereocenters. The number of nitrogens with zero attached hydrogens (tertiary/aromatic N) is 1. The molecule has 0 aromatic heterocycles. The first-order valence-electron chi connectivity index (χ1n) is 8.07. The summed E-state index contributed by atoms with van der Waals surface area (Å²) in [5.41, 5.74) is 0. The zero-order valence-electron chi connectivity index (χ0n) is 12.8. The highest BCUT2D eigenvalue weighted by atomic mass is 15.3. The Balaban J connectivity index is 1.95. The highest BCUT2D eigenvalue weighted by molar-refractivity contribution is 4.91. The number of rotatable bonds is 3. The van der Waals surface area contributed by atoms with Gasteiger partial charge in [-0.1, -0.05) is 33.6 Å². The molecule has 1 N–H and O–H groups in total. The molecular formula is C16H32N2. The van der Waals surface area contributed by atoms with E-state index in [1.807, 2.05) is 0 Å². The van der Waals surface area contributed by atoms with E-state index in [1.165, 1.54) is 45.2 Å². The zero-order valence-corrected chi connectivity index (χ0v) is 12.8. The third-order valence-electron chi connectivity index (χ3n) is 4.95. The summed E-state index contributed by atoms with van der Waals surface area (Å²) in [6, 6.07) is 2.29. The Morgan fingerprint density at radius 1 is 1.17 bits per heavy atom. The lowest BCUT2D eigenvalue weighted by Gasteiger charge is -2.47. The average molecular weight is 252 g/mol. The van der Waals surface area contributed by atoms with Crippen LogP contribution in [0.3, 0.4) is 0 Å². The van der Waals surface area contributed by atoms with Gasteiger partial charge in [-0.15, -0.1) is 0 Å². The van der Waals surface area contributed by atoms with Crippen LogP contribution in [0.5, 0.6) is 0 Å². The van der Waals surface area contributed by atoms with Gasteiger partial charge in [0.05, 0.1) is 0 Å². The second-order valence-electron chi connectivity index (χ2n) is 7.11. The fourth-order valence-electron chi connectivity index (χ4n) is 3.93. The summed E-state index contributed by atoms with van der Waals surface area (Å²) in [7, 11) is 0. The first-order valence-corrected chi connectivity index (χ1v) is 8.07. The first-order chi connectivity index (χ1) is 8.58. The Labute approximate surface area is 114 Å². The van der Waals surface area contributed by atoms with E-state index in [2.05, 4.69) is 37.9 Å². The lowest BCUT2D eigenvalue weighted by molar-refractivity contribution is 0.0389. The van der Waals surface area contributed by atoms with Crippen molar-refractivity contribution >= 4 is 0 Å². The van der Waals surface area contributed by atoms with Crippen LogP contribution in [0.15, 0.2) is 0 Å². The van der Waals surface area contributed by atoms with E-state index in [-0.39, 0.29) is 0 Å². The second kappa shape index (κ2) is 6.38. The van der Waals surface area contributed by atoms with Gasteiger partial charge in [-0.2, -0.15) is 0 Å². The van der Waals surface area contributed by atoms with Crippen molar-refractivity contribution in [2.24, 2.45) is 11.8 Å². The molecule has 1 aliphatic heterocycles. The Morgan fingerprint density at radius 3 is 2.56 bits per heavy atom. The van der Waals surface area contributed by atoms with Crippen LogP contribution in [0, 0.1) is 11.8 Å². The Morgan fingerprint density at radius 2 is 1.89 bits per heavy atom. The summed E-state index contributed by atoms with van der Waals surface area (Å²) in [5, 5.41) is 3.74. The van der Waals surface area contributed by atoms with Crippen molar-refractivity contribution < 1.29 is 0 Å². The van der Waals surface area contributed by atoms with Gasteiger partial charge in [0.2, 0.25) is 0 Å². The van der Waals surface area contributed by atoms with Crippen molar-refractivity contribution in [2.75, 3.05) is 13.1 Å². The van der Waals surface area contributed by atoms with Gasteiger partial charge in [-0.25, -0.2) is 0 Å². The second-order valence-corrected chi connectivity index (χ2v) is 7.11. The lowest BCUT2D eigenvalue weighted by Crippen LogP contribution is -2.60. The molecule has 106 valence electrons. The number of hydrogen-bond donors (Lipinski definition) is 1. The van der Waals surface area contributed by atoms with Crippen LogP contribution in [-0.2, 0) is 0 Å². The van der Waals surface area contributed by atoms with Crippen molar-refractivity contribution in [1.29, 1.82) is 0 Å². The molecule has 1 heterocycles. The van der Waals surface area contributed by atoms with E-state index in [0.29, 0.717) is 0 Å². The molecule has 0 spiro atoms. The molecule has 2 heteroatoms.